The molecule has 0 saturated heterocycles. The van der Waals surface area contributed by atoms with Gasteiger partial charge in [-0.05, 0) is 59.7 Å². The van der Waals surface area contributed by atoms with Crippen molar-refractivity contribution < 1.29 is 19.1 Å². The van der Waals surface area contributed by atoms with Crippen LogP contribution in [0.1, 0.15) is 44.1 Å². The van der Waals surface area contributed by atoms with E-state index in [-0.39, 0.29) is 0 Å². The maximum atomic E-state index is 13.1. The van der Waals surface area contributed by atoms with Gasteiger partial charge in [-0.1, -0.05) is 60.7 Å². The van der Waals surface area contributed by atoms with Crippen LogP contribution < -0.4 is 11.5 Å². The van der Waals surface area contributed by atoms with Crippen molar-refractivity contribution in [3.05, 3.63) is 131 Å². The number of benzene rings is 4. The average Bonchev–Trinajstić information content (AvgIpc) is 2.87. The van der Waals surface area contributed by atoms with Gasteiger partial charge in [-0.3, -0.25) is 0 Å². The number of esters is 2. The fourth-order valence-corrected chi connectivity index (χ4v) is 3.50. The van der Waals surface area contributed by atoms with Gasteiger partial charge in [0, 0.05) is 11.4 Å². The van der Waals surface area contributed by atoms with Gasteiger partial charge in [-0.2, -0.15) is 0 Å². The molecule has 0 radical (unpaired) electrons. The van der Waals surface area contributed by atoms with E-state index in [1.54, 1.807) is 48.5 Å². The van der Waals surface area contributed by atoms with Gasteiger partial charge in [0.15, 0.2) is 12.2 Å². The minimum Gasteiger partial charge on any atom is -0.450 e. The standard InChI is InChI=1S/C28H24N2O4/c29-23-15-11-21(12-16-23)27(31)33-25(19-7-3-1-4-8-19)26(20-9-5-2-6-10-20)34-28(32)22-13-17-24(30)18-14-22/h1-18,25-26H,29-30H2. The summed E-state index contributed by atoms with van der Waals surface area (Å²) in [5.41, 5.74) is 14.6. The van der Waals surface area contributed by atoms with Crippen molar-refractivity contribution in [2.45, 2.75) is 12.2 Å². The highest BCUT2D eigenvalue weighted by molar-refractivity contribution is 5.91. The third-order valence-electron chi connectivity index (χ3n) is 5.29. The molecule has 4 aromatic rings. The lowest BCUT2D eigenvalue weighted by Crippen LogP contribution is -2.23. The summed E-state index contributed by atoms with van der Waals surface area (Å²) in [6, 6.07) is 31.3. The van der Waals surface area contributed by atoms with E-state index in [1.165, 1.54) is 0 Å². The van der Waals surface area contributed by atoms with Crippen molar-refractivity contribution in [3.8, 4) is 0 Å². The largest absolute Gasteiger partial charge is 0.450 e. The van der Waals surface area contributed by atoms with Gasteiger partial charge in [-0.25, -0.2) is 9.59 Å². The lowest BCUT2D eigenvalue weighted by Gasteiger charge is -2.28. The number of anilines is 2. The Bertz CT molecular complexity index is 1140. The highest BCUT2D eigenvalue weighted by Crippen LogP contribution is 2.36. The van der Waals surface area contributed by atoms with Crippen LogP contribution in [-0.2, 0) is 9.47 Å². The molecule has 0 aromatic heterocycles. The van der Waals surface area contributed by atoms with Crippen LogP contribution in [0, 0.1) is 0 Å². The molecule has 6 nitrogen and oxygen atoms in total. The quantitative estimate of drug-likeness (QED) is 0.289. The molecule has 0 spiro atoms. The van der Waals surface area contributed by atoms with Gasteiger partial charge in [-0.15, -0.1) is 0 Å². The topological polar surface area (TPSA) is 105 Å². The lowest BCUT2D eigenvalue weighted by molar-refractivity contribution is -0.0388. The van der Waals surface area contributed by atoms with Gasteiger partial charge in [0.05, 0.1) is 11.1 Å². The fraction of sp³-hybridized carbons (Fsp3) is 0.0714. The van der Waals surface area contributed by atoms with E-state index in [2.05, 4.69) is 0 Å². The molecule has 0 heterocycles. The monoisotopic (exact) mass is 452 g/mol. The van der Waals surface area contributed by atoms with Crippen LogP contribution in [0.3, 0.4) is 0 Å². The molecule has 2 unspecified atom stereocenters. The summed E-state index contributed by atoms with van der Waals surface area (Å²) in [5.74, 6) is -1.11. The third-order valence-corrected chi connectivity index (χ3v) is 5.29. The van der Waals surface area contributed by atoms with Crippen LogP contribution in [-0.4, -0.2) is 11.9 Å². The summed E-state index contributed by atoms with van der Waals surface area (Å²) in [7, 11) is 0. The smallest absolute Gasteiger partial charge is 0.338 e. The summed E-state index contributed by atoms with van der Waals surface area (Å²) in [6.07, 6.45) is -1.79. The number of rotatable bonds is 7. The molecule has 0 aliphatic heterocycles. The summed E-state index contributed by atoms with van der Waals surface area (Å²) < 4.78 is 11.9. The molecule has 0 amide bonds. The van der Waals surface area contributed by atoms with E-state index < -0.39 is 24.1 Å². The Morgan fingerprint density at radius 1 is 0.500 bits per heavy atom. The number of hydrogen-bond donors (Lipinski definition) is 2. The maximum Gasteiger partial charge on any atom is 0.338 e. The van der Waals surface area contributed by atoms with Crippen molar-refractivity contribution >= 4 is 23.3 Å². The number of ether oxygens (including phenoxy) is 2. The number of carbonyl (C=O) groups excluding carboxylic acids is 2. The van der Waals surface area contributed by atoms with Crippen molar-refractivity contribution in [2.24, 2.45) is 0 Å². The number of hydrogen-bond acceptors (Lipinski definition) is 6. The van der Waals surface area contributed by atoms with Gasteiger partial charge < -0.3 is 20.9 Å². The highest BCUT2D eigenvalue weighted by Gasteiger charge is 2.32. The van der Waals surface area contributed by atoms with E-state index >= 15 is 0 Å². The van der Waals surface area contributed by atoms with E-state index in [0.717, 1.165) is 0 Å². The minimum atomic E-state index is -0.897. The zero-order valence-electron chi connectivity index (χ0n) is 18.3. The molecule has 0 saturated carbocycles. The second-order valence-electron chi connectivity index (χ2n) is 7.72. The Hall–Kier alpha value is -4.58. The number of nitrogen functional groups attached to an aromatic ring is 2. The van der Waals surface area contributed by atoms with E-state index in [4.69, 9.17) is 20.9 Å². The van der Waals surface area contributed by atoms with Crippen LogP contribution in [0.15, 0.2) is 109 Å². The van der Waals surface area contributed by atoms with Crippen molar-refractivity contribution in [2.75, 3.05) is 11.5 Å². The Morgan fingerprint density at radius 2 is 0.824 bits per heavy atom. The van der Waals surface area contributed by atoms with Crippen LogP contribution in [0.5, 0.6) is 0 Å². The molecule has 170 valence electrons. The SMILES string of the molecule is Nc1ccc(C(=O)OC(c2ccccc2)C(OC(=O)c2ccc(N)cc2)c2ccccc2)cc1. The Morgan fingerprint density at radius 3 is 1.15 bits per heavy atom. The van der Waals surface area contributed by atoms with E-state index in [9.17, 15) is 9.59 Å². The van der Waals surface area contributed by atoms with Crippen LogP contribution in [0.2, 0.25) is 0 Å². The van der Waals surface area contributed by atoms with Crippen LogP contribution in [0.4, 0.5) is 11.4 Å². The molecule has 0 bridgehead atoms. The van der Waals surface area contributed by atoms with Gasteiger partial charge in [0.2, 0.25) is 0 Å². The normalized spacial score (nSPS) is 12.4. The van der Waals surface area contributed by atoms with Crippen LogP contribution in [0.25, 0.3) is 0 Å². The second-order valence-corrected chi connectivity index (χ2v) is 7.72. The van der Waals surface area contributed by atoms with Crippen molar-refractivity contribution in [1.82, 2.24) is 0 Å². The molecule has 0 aliphatic carbocycles. The minimum absolute atomic E-state index is 0.340. The first kappa shape index (κ1) is 22.6. The molecule has 4 N–H and O–H groups in total. The molecule has 0 fully saturated rings. The molecular weight excluding hydrogens is 428 g/mol. The fourth-order valence-electron chi connectivity index (χ4n) is 3.50. The Kier molecular flexibility index (Phi) is 6.89. The second kappa shape index (κ2) is 10.4. The predicted molar refractivity (Wildman–Crippen MR) is 131 cm³/mol. The molecule has 4 aromatic carbocycles. The number of carbonyl (C=O) groups is 2. The van der Waals surface area contributed by atoms with Gasteiger partial charge in [0.1, 0.15) is 0 Å². The molecular formula is C28H24N2O4. The molecule has 4 rings (SSSR count). The zero-order valence-corrected chi connectivity index (χ0v) is 18.3. The molecule has 34 heavy (non-hydrogen) atoms. The van der Waals surface area contributed by atoms with Crippen molar-refractivity contribution in [3.63, 3.8) is 0 Å². The van der Waals surface area contributed by atoms with Gasteiger partial charge in [0.25, 0.3) is 0 Å². The molecule has 0 aliphatic rings. The van der Waals surface area contributed by atoms with Crippen LogP contribution >= 0.6 is 0 Å². The van der Waals surface area contributed by atoms with Crippen molar-refractivity contribution in [1.29, 1.82) is 0 Å². The average molecular weight is 453 g/mol. The zero-order chi connectivity index (χ0) is 23.9. The summed E-state index contributed by atoms with van der Waals surface area (Å²) in [4.78, 5) is 26.1. The summed E-state index contributed by atoms with van der Waals surface area (Å²) in [6.45, 7) is 0. The Labute approximate surface area is 197 Å². The first-order valence-corrected chi connectivity index (χ1v) is 10.7. The molecule has 6 heteroatoms. The Balaban J connectivity index is 1.71. The predicted octanol–water partition coefficient (Wildman–Crippen LogP) is 5.35. The first-order chi connectivity index (χ1) is 16.5. The first-order valence-electron chi connectivity index (χ1n) is 10.7. The molecule has 2 atom stereocenters. The van der Waals surface area contributed by atoms with E-state index in [1.807, 2.05) is 60.7 Å². The highest BCUT2D eigenvalue weighted by atomic mass is 16.6. The summed E-state index contributed by atoms with van der Waals surface area (Å²) >= 11 is 0. The maximum absolute atomic E-state index is 13.1. The summed E-state index contributed by atoms with van der Waals surface area (Å²) in [5, 5.41) is 0. The number of nitrogens with two attached hydrogens (primary N) is 2. The lowest BCUT2D eigenvalue weighted by atomic mass is 9.97. The third kappa shape index (κ3) is 5.42. The van der Waals surface area contributed by atoms with Gasteiger partial charge >= 0.3 is 11.9 Å². The van der Waals surface area contributed by atoms with E-state index in [0.29, 0.717) is 33.6 Å².